The van der Waals surface area contributed by atoms with Crippen molar-refractivity contribution < 1.29 is 28.7 Å². The zero-order valence-corrected chi connectivity index (χ0v) is 42.5. The number of nitrogens with zero attached hydrogens (tertiary/aromatic N) is 2. The highest BCUT2D eigenvalue weighted by Gasteiger charge is 2.60. The maximum absolute atomic E-state index is 12.9. The van der Waals surface area contributed by atoms with Gasteiger partial charge >= 0.3 is 11.9 Å². The molecule has 0 aliphatic heterocycles. The topological polar surface area (TPSA) is 105 Å². The Bertz CT molecular complexity index is 1110. The lowest BCUT2D eigenvalue weighted by Crippen LogP contribution is -2.78. The Morgan fingerprint density at radius 2 is 0.952 bits per heavy atom. The Morgan fingerprint density at radius 3 is 1.44 bits per heavy atom. The van der Waals surface area contributed by atoms with E-state index >= 15 is 0 Å². The molecule has 1 N–H and O–H groups in total. The summed E-state index contributed by atoms with van der Waals surface area (Å²) >= 11 is 0. The van der Waals surface area contributed by atoms with E-state index in [-0.39, 0.29) is 35.7 Å². The van der Waals surface area contributed by atoms with Crippen molar-refractivity contribution in [3.05, 3.63) is 0 Å². The van der Waals surface area contributed by atoms with Crippen LogP contribution in [0.15, 0.2) is 0 Å². The molecular weight excluding hydrogens is 787 g/mol. The Balaban J connectivity index is 2.47. The average molecular weight is 890 g/mol. The molecule has 0 spiro atoms. The summed E-state index contributed by atoms with van der Waals surface area (Å²) in [5.74, 6) is -0.589. The molecule has 0 aromatic carbocycles. The van der Waals surface area contributed by atoms with E-state index in [0.717, 1.165) is 129 Å². The van der Waals surface area contributed by atoms with Crippen molar-refractivity contribution in [3.63, 3.8) is 0 Å². The van der Waals surface area contributed by atoms with Gasteiger partial charge in [0.15, 0.2) is 0 Å². The van der Waals surface area contributed by atoms with Gasteiger partial charge < -0.3 is 19.7 Å². The highest BCUT2D eigenvalue weighted by atomic mass is 16.5. The second-order valence-electron chi connectivity index (χ2n) is 19.2. The third-order valence-electron chi connectivity index (χ3n) is 13.6. The van der Waals surface area contributed by atoms with Crippen molar-refractivity contribution in [1.29, 1.82) is 0 Å². The van der Waals surface area contributed by atoms with Crippen LogP contribution in [0.3, 0.4) is 0 Å². The molecule has 0 saturated heterocycles. The minimum Gasteiger partial charge on any atom is -0.466 e. The highest BCUT2D eigenvalue weighted by Crippen LogP contribution is 2.30. The van der Waals surface area contributed by atoms with Gasteiger partial charge in [-0.1, -0.05) is 176 Å². The van der Waals surface area contributed by atoms with Crippen LogP contribution in [0.2, 0.25) is 0 Å². The van der Waals surface area contributed by atoms with E-state index in [2.05, 4.69) is 35.9 Å². The summed E-state index contributed by atoms with van der Waals surface area (Å²) in [4.78, 5) is 55.1. The molecule has 1 aliphatic rings. The van der Waals surface area contributed by atoms with E-state index in [0.29, 0.717) is 26.0 Å². The third kappa shape index (κ3) is 28.7. The van der Waals surface area contributed by atoms with Crippen LogP contribution < -0.4 is 5.32 Å². The van der Waals surface area contributed by atoms with E-state index in [1.165, 1.54) is 109 Å². The second-order valence-corrected chi connectivity index (χ2v) is 19.2. The predicted molar refractivity (Wildman–Crippen MR) is 264 cm³/mol. The van der Waals surface area contributed by atoms with Crippen LogP contribution in [0.25, 0.3) is 0 Å². The molecule has 0 amide bonds. The molecule has 2 unspecified atom stereocenters. The minimum atomic E-state index is -0.802. The highest BCUT2D eigenvalue weighted by molar-refractivity contribution is 6.50. The molecule has 0 radical (unpaired) electrons. The molecule has 370 valence electrons. The van der Waals surface area contributed by atoms with Crippen LogP contribution >= 0.6 is 0 Å². The molecule has 9 nitrogen and oxygen atoms in total. The molecule has 0 aromatic rings. The standard InChI is InChI=1S/C54H103N3O6/c1-7-12-15-18-21-30-37-47-62-49(58)41-33-26-22-28-35-44-56(46-38-43-55-54(6)52(51(60)53(54)61)57(10-4)11-5)45-36-29-23-27-34-42-50(59)63-48(39-31-24-19-16-13-8-2)40-32-25-20-17-14-9-3/h48,52,55H,7-47H2,1-6H3. The number of carbonyl (C=O) groups excluding carboxylic acids is 4. The van der Waals surface area contributed by atoms with Gasteiger partial charge in [-0.05, 0) is 110 Å². The van der Waals surface area contributed by atoms with E-state index in [9.17, 15) is 19.2 Å². The van der Waals surface area contributed by atoms with Gasteiger partial charge in [0, 0.05) is 12.8 Å². The molecule has 0 aromatic heterocycles. The van der Waals surface area contributed by atoms with Crippen molar-refractivity contribution in [2.75, 3.05) is 45.9 Å². The molecular formula is C54H103N3O6. The molecule has 1 fully saturated rings. The summed E-state index contributed by atoms with van der Waals surface area (Å²) in [6, 6.07) is -0.374. The smallest absolute Gasteiger partial charge is 0.306 e. The van der Waals surface area contributed by atoms with Gasteiger partial charge in [-0.15, -0.1) is 0 Å². The van der Waals surface area contributed by atoms with E-state index in [1.807, 2.05) is 20.8 Å². The molecule has 63 heavy (non-hydrogen) atoms. The molecule has 1 saturated carbocycles. The SMILES string of the molecule is CCCCCCCCCOC(=O)CCCCCCCN(CCCCCCCC(=O)OC(CCCCCCCC)CCCCCCCC)CCCNC1(C)C(=O)C(=O)C1N(CC)CC. The van der Waals surface area contributed by atoms with Crippen molar-refractivity contribution in [2.24, 2.45) is 0 Å². The zero-order chi connectivity index (χ0) is 46.2. The van der Waals surface area contributed by atoms with Gasteiger partial charge in [0.25, 0.3) is 0 Å². The molecule has 1 aliphatic carbocycles. The summed E-state index contributed by atoms with van der Waals surface area (Å²) in [7, 11) is 0. The molecule has 0 bridgehead atoms. The summed E-state index contributed by atoms with van der Waals surface area (Å²) in [6.07, 6.45) is 38.6. The number of ketones is 2. The predicted octanol–water partition coefficient (Wildman–Crippen LogP) is 13.3. The average Bonchev–Trinajstić information content (AvgIpc) is 3.28. The van der Waals surface area contributed by atoms with Crippen molar-refractivity contribution in [1.82, 2.24) is 15.1 Å². The van der Waals surface area contributed by atoms with Crippen molar-refractivity contribution in [2.45, 2.75) is 278 Å². The van der Waals surface area contributed by atoms with E-state index < -0.39 is 5.54 Å². The molecule has 1 rings (SSSR count). The lowest BCUT2D eigenvalue weighted by atomic mass is 9.69. The van der Waals surface area contributed by atoms with Crippen LogP contribution in [-0.4, -0.2) is 96.9 Å². The van der Waals surface area contributed by atoms with Gasteiger partial charge in [-0.2, -0.15) is 0 Å². The number of esters is 2. The third-order valence-corrected chi connectivity index (χ3v) is 13.6. The summed E-state index contributed by atoms with van der Waals surface area (Å²) in [6.45, 7) is 18.6. The largest absolute Gasteiger partial charge is 0.466 e. The quantitative estimate of drug-likeness (QED) is 0.0363. The Hall–Kier alpha value is -1.84. The maximum Gasteiger partial charge on any atom is 0.306 e. The first kappa shape index (κ1) is 59.2. The maximum atomic E-state index is 12.9. The normalized spacial score (nSPS) is 16.4. The fourth-order valence-corrected chi connectivity index (χ4v) is 9.37. The Kier molecular flexibility index (Phi) is 38.0. The number of unbranched alkanes of at least 4 members (excludes halogenated alkanes) is 24. The lowest BCUT2D eigenvalue weighted by molar-refractivity contribution is -0.157. The number of rotatable bonds is 47. The van der Waals surface area contributed by atoms with Crippen LogP contribution in [0.4, 0.5) is 0 Å². The first-order chi connectivity index (χ1) is 30.7. The van der Waals surface area contributed by atoms with Crippen LogP contribution in [0.5, 0.6) is 0 Å². The van der Waals surface area contributed by atoms with E-state index in [1.54, 1.807) is 0 Å². The number of hydrogen-bond acceptors (Lipinski definition) is 9. The molecule has 9 heteroatoms. The summed E-state index contributed by atoms with van der Waals surface area (Å²) in [5.41, 5.74) is -0.802. The number of nitrogens with one attached hydrogen (secondary N) is 1. The van der Waals surface area contributed by atoms with Crippen LogP contribution in [0.1, 0.15) is 260 Å². The summed E-state index contributed by atoms with van der Waals surface area (Å²) < 4.78 is 11.6. The van der Waals surface area contributed by atoms with Crippen LogP contribution in [0, 0.1) is 0 Å². The number of carbonyl (C=O) groups is 4. The van der Waals surface area contributed by atoms with Gasteiger partial charge in [0.05, 0.1) is 6.61 Å². The number of hydrogen-bond donors (Lipinski definition) is 1. The first-order valence-corrected chi connectivity index (χ1v) is 27.3. The summed E-state index contributed by atoms with van der Waals surface area (Å²) in [5, 5.41) is 3.49. The zero-order valence-electron chi connectivity index (χ0n) is 42.5. The monoisotopic (exact) mass is 890 g/mol. The van der Waals surface area contributed by atoms with Gasteiger partial charge in [0.1, 0.15) is 17.7 Å². The Labute approximate surface area is 389 Å². The van der Waals surface area contributed by atoms with Gasteiger partial charge in [-0.25, -0.2) is 0 Å². The fourth-order valence-electron chi connectivity index (χ4n) is 9.37. The second kappa shape index (κ2) is 40.4. The lowest BCUT2D eigenvalue weighted by Gasteiger charge is -2.48. The van der Waals surface area contributed by atoms with Crippen LogP contribution in [-0.2, 0) is 28.7 Å². The Morgan fingerprint density at radius 1 is 0.540 bits per heavy atom. The van der Waals surface area contributed by atoms with E-state index in [4.69, 9.17) is 9.47 Å². The molecule has 2 atom stereocenters. The van der Waals surface area contributed by atoms with Crippen molar-refractivity contribution in [3.8, 4) is 0 Å². The van der Waals surface area contributed by atoms with Crippen molar-refractivity contribution >= 4 is 23.5 Å². The van der Waals surface area contributed by atoms with Gasteiger partial charge in [-0.3, -0.25) is 24.1 Å². The number of ether oxygens (including phenoxy) is 2. The molecule has 0 heterocycles. The number of likely N-dealkylation sites (N-methyl/N-ethyl adjacent to an activating group) is 1. The fraction of sp³-hybridized carbons (Fsp3) is 0.926. The minimum absolute atomic E-state index is 0.000675. The van der Waals surface area contributed by atoms with Gasteiger partial charge in [0.2, 0.25) is 11.6 Å². The number of Topliss-reactive ketones (excluding diaryl/α,β-unsaturated/α-hetero) is 2. The first-order valence-electron chi connectivity index (χ1n) is 27.3.